The molecule has 1 unspecified atom stereocenters. The monoisotopic (exact) mass is 297 g/mol. The molecule has 5 heteroatoms. The zero-order chi connectivity index (χ0) is 14.5. The molecule has 0 saturated heterocycles. The van der Waals surface area contributed by atoms with Crippen LogP contribution in [0.1, 0.15) is 49.6 Å². The second kappa shape index (κ2) is 7.38. The lowest BCUT2D eigenvalue weighted by Gasteiger charge is -2.14. The number of anilines is 1. The van der Waals surface area contributed by atoms with Crippen molar-refractivity contribution < 1.29 is 4.74 Å². The Labute approximate surface area is 126 Å². The number of thiazole rings is 1. The van der Waals surface area contributed by atoms with Gasteiger partial charge in [0.15, 0.2) is 5.13 Å². The summed E-state index contributed by atoms with van der Waals surface area (Å²) < 4.78 is 5.15. The number of rotatable bonds is 9. The summed E-state index contributed by atoms with van der Waals surface area (Å²) in [5.41, 5.74) is 1.28. The Morgan fingerprint density at radius 1 is 1.50 bits per heavy atom. The number of aromatic nitrogens is 1. The average Bonchev–Trinajstić information content (AvgIpc) is 3.19. The quantitative estimate of drug-likeness (QED) is 0.760. The Balaban J connectivity index is 2.07. The molecule has 4 nitrogen and oxygen atoms in total. The van der Waals surface area contributed by atoms with Crippen LogP contribution in [0.15, 0.2) is 0 Å². The number of likely N-dealkylation sites (N-methyl/N-ethyl adjacent to an activating group) is 1. The lowest BCUT2D eigenvalue weighted by molar-refractivity contribution is 0.206. The fraction of sp³-hybridized carbons (Fsp3) is 0.800. The summed E-state index contributed by atoms with van der Waals surface area (Å²) in [4.78, 5) is 8.48. The molecule has 1 aromatic rings. The smallest absolute Gasteiger partial charge is 0.185 e. The molecule has 0 spiro atoms. The van der Waals surface area contributed by atoms with Gasteiger partial charge in [0.05, 0.1) is 12.3 Å². The molecule has 1 heterocycles. The number of methoxy groups -OCH3 is 1. The second-order valence-electron chi connectivity index (χ2n) is 5.68. The Kier molecular flexibility index (Phi) is 5.81. The first-order valence-electron chi connectivity index (χ1n) is 7.58. The van der Waals surface area contributed by atoms with Gasteiger partial charge < -0.3 is 15.0 Å². The lowest BCUT2D eigenvalue weighted by Crippen LogP contribution is -2.21. The highest BCUT2D eigenvalue weighted by Crippen LogP contribution is 2.32. The molecule has 1 aliphatic carbocycles. The normalized spacial score (nSPS) is 16.4. The molecule has 1 aromatic heterocycles. The van der Waals surface area contributed by atoms with Crippen molar-refractivity contribution in [2.75, 3.05) is 32.2 Å². The molecule has 1 aliphatic rings. The van der Waals surface area contributed by atoms with Crippen LogP contribution < -0.4 is 10.2 Å². The summed E-state index contributed by atoms with van der Waals surface area (Å²) in [6.45, 7) is 7.11. The van der Waals surface area contributed by atoms with E-state index in [1.807, 2.05) is 11.3 Å². The molecule has 1 saturated carbocycles. The number of nitrogens with one attached hydrogen (secondary N) is 1. The highest BCUT2D eigenvalue weighted by Gasteiger charge is 2.23. The van der Waals surface area contributed by atoms with Gasteiger partial charge in [-0.25, -0.2) is 4.98 Å². The van der Waals surface area contributed by atoms with Crippen LogP contribution in [-0.4, -0.2) is 38.3 Å². The first kappa shape index (κ1) is 15.7. The van der Waals surface area contributed by atoms with Crippen molar-refractivity contribution >= 4 is 16.5 Å². The lowest BCUT2D eigenvalue weighted by atomic mass is 10.0. The van der Waals surface area contributed by atoms with Crippen LogP contribution in [0.25, 0.3) is 0 Å². The van der Waals surface area contributed by atoms with E-state index in [2.05, 4.69) is 31.1 Å². The van der Waals surface area contributed by atoms with E-state index >= 15 is 0 Å². The molecule has 2 rings (SSSR count). The minimum absolute atomic E-state index is 0.534. The largest absolute Gasteiger partial charge is 0.383 e. The van der Waals surface area contributed by atoms with Crippen LogP contribution in [-0.2, 0) is 11.3 Å². The molecule has 1 atom stereocenters. The summed E-state index contributed by atoms with van der Waals surface area (Å²) in [6.07, 6.45) is 3.80. The van der Waals surface area contributed by atoms with E-state index < -0.39 is 0 Å². The highest BCUT2D eigenvalue weighted by atomic mass is 32.1. The maximum absolute atomic E-state index is 5.15. The van der Waals surface area contributed by atoms with Crippen LogP contribution in [0.2, 0.25) is 0 Å². The Hall–Kier alpha value is -0.650. The van der Waals surface area contributed by atoms with Gasteiger partial charge in [0.1, 0.15) is 0 Å². The third-order valence-corrected chi connectivity index (χ3v) is 5.07. The van der Waals surface area contributed by atoms with Crippen molar-refractivity contribution in [1.29, 1.82) is 0 Å². The minimum atomic E-state index is 0.534. The van der Waals surface area contributed by atoms with Crippen molar-refractivity contribution in [1.82, 2.24) is 10.3 Å². The first-order chi connectivity index (χ1) is 9.65. The van der Waals surface area contributed by atoms with Crippen molar-refractivity contribution in [2.45, 2.75) is 51.6 Å². The molecule has 0 radical (unpaired) electrons. The minimum Gasteiger partial charge on any atom is -0.383 e. The number of hydrogen-bond acceptors (Lipinski definition) is 5. The molecule has 1 fully saturated rings. The Morgan fingerprint density at radius 2 is 2.25 bits per heavy atom. The van der Waals surface area contributed by atoms with Gasteiger partial charge >= 0.3 is 0 Å². The van der Waals surface area contributed by atoms with E-state index in [1.165, 1.54) is 23.4 Å². The summed E-state index contributed by atoms with van der Waals surface area (Å²) in [7, 11) is 3.83. The van der Waals surface area contributed by atoms with E-state index in [4.69, 9.17) is 9.72 Å². The second-order valence-corrected chi connectivity index (χ2v) is 6.75. The standard InChI is InChI=1S/C15H27N3OS/c1-5-11(2)14-13(10-16-12-6-7-12)20-15(17-14)18(3)8-9-19-4/h11-12,16H,5-10H2,1-4H3. The van der Waals surface area contributed by atoms with E-state index in [0.717, 1.165) is 37.3 Å². The van der Waals surface area contributed by atoms with Gasteiger partial charge in [0.2, 0.25) is 0 Å². The van der Waals surface area contributed by atoms with Gasteiger partial charge in [0.25, 0.3) is 0 Å². The number of nitrogens with zero attached hydrogens (tertiary/aromatic N) is 2. The number of hydrogen-bond donors (Lipinski definition) is 1. The topological polar surface area (TPSA) is 37.4 Å². The van der Waals surface area contributed by atoms with Gasteiger partial charge in [-0.1, -0.05) is 13.8 Å². The molecule has 0 amide bonds. The van der Waals surface area contributed by atoms with Gasteiger partial charge in [-0.3, -0.25) is 0 Å². The van der Waals surface area contributed by atoms with Gasteiger partial charge in [0, 0.05) is 38.2 Å². The van der Waals surface area contributed by atoms with Crippen LogP contribution in [0, 0.1) is 0 Å². The van der Waals surface area contributed by atoms with E-state index in [-0.39, 0.29) is 0 Å². The van der Waals surface area contributed by atoms with Crippen LogP contribution in [0.4, 0.5) is 5.13 Å². The van der Waals surface area contributed by atoms with Gasteiger partial charge in [-0.2, -0.15) is 0 Å². The van der Waals surface area contributed by atoms with Crippen molar-refractivity contribution in [3.05, 3.63) is 10.6 Å². The molecular formula is C15H27N3OS. The van der Waals surface area contributed by atoms with Crippen molar-refractivity contribution in [2.24, 2.45) is 0 Å². The summed E-state index contributed by atoms with van der Waals surface area (Å²) in [5.74, 6) is 0.534. The van der Waals surface area contributed by atoms with Crippen LogP contribution in [0.5, 0.6) is 0 Å². The van der Waals surface area contributed by atoms with Gasteiger partial charge in [-0.15, -0.1) is 11.3 Å². The van der Waals surface area contributed by atoms with E-state index in [9.17, 15) is 0 Å². The van der Waals surface area contributed by atoms with Crippen LogP contribution >= 0.6 is 11.3 Å². The third-order valence-electron chi connectivity index (χ3n) is 3.88. The predicted octanol–water partition coefficient (Wildman–Crippen LogP) is 2.99. The molecule has 1 N–H and O–H groups in total. The average molecular weight is 297 g/mol. The van der Waals surface area contributed by atoms with Crippen molar-refractivity contribution in [3.8, 4) is 0 Å². The number of ether oxygens (including phenoxy) is 1. The summed E-state index contributed by atoms with van der Waals surface area (Å²) in [5, 5.41) is 4.73. The van der Waals surface area contributed by atoms with Crippen LogP contribution in [0.3, 0.4) is 0 Å². The Bertz CT molecular complexity index is 417. The van der Waals surface area contributed by atoms with E-state index in [1.54, 1.807) is 7.11 Å². The highest BCUT2D eigenvalue weighted by molar-refractivity contribution is 7.15. The molecule has 0 aliphatic heterocycles. The zero-order valence-electron chi connectivity index (χ0n) is 13.1. The maximum atomic E-state index is 5.15. The van der Waals surface area contributed by atoms with E-state index in [0.29, 0.717) is 5.92 Å². The van der Waals surface area contributed by atoms with Crippen molar-refractivity contribution in [3.63, 3.8) is 0 Å². The SMILES string of the molecule is CCC(C)c1nc(N(C)CCOC)sc1CNC1CC1. The molecule has 20 heavy (non-hydrogen) atoms. The molecule has 0 bridgehead atoms. The first-order valence-corrected chi connectivity index (χ1v) is 8.40. The summed E-state index contributed by atoms with van der Waals surface area (Å²) in [6, 6.07) is 0.747. The predicted molar refractivity (Wildman–Crippen MR) is 85.8 cm³/mol. The molecule has 114 valence electrons. The maximum Gasteiger partial charge on any atom is 0.185 e. The van der Waals surface area contributed by atoms with Gasteiger partial charge in [-0.05, 0) is 25.2 Å². The third kappa shape index (κ3) is 4.17. The zero-order valence-corrected chi connectivity index (χ0v) is 13.9. The molecular weight excluding hydrogens is 270 g/mol. The molecule has 0 aromatic carbocycles. The fourth-order valence-corrected chi connectivity index (χ4v) is 3.19. The fourth-order valence-electron chi connectivity index (χ4n) is 2.07. The summed E-state index contributed by atoms with van der Waals surface area (Å²) >= 11 is 1.83. The Morgan fingerprint density at radius 3 is 2.85 bits per heavy atom.